The zero-order valence-corrected chi connectivity index (χ0v) is 14.4. The van der Waals surface area contributed by atoms with Gasteiger partial charge in [-0.3, -0.25) is 4.79 Å². The summed E-state index contributed by atoms with van der Waals surface area (Å²) in [5.74, 6) is 0.647. The number of methoxy groups -OCH3 is 1. The van der Waals surface area contributed by atoms with Crippen LogP contribution in [0.4, 0.5) is 10.5 Å². The Hall–Kier alpha value is -2.28. The lowest BCUT2D eigenvalue weighted by Crippen LogP contribution is -2.52. The van der Waals surface area contributed by atoms with Gasteiger partial charge in [0.2, 0.25) is 0 Å². The van der Waals surface area contributed by atoms with Crippen molar-refractivity contribution in [3.05, 3.63) is 24.3 Å². The van der Waals surface area contributed by atoms with Gasteiger partial charge in [0, 0.05) is 25.3 Å². The minimum atomic E-state index is -0.232. The van der Waals surface area contributed by atoms with Gasteiger partial charge in [-0.15, -0.1) is 0 Å². The van der Waals surface area contributed by atoms with Gasteiger partial charge in [-0.25, -0.2) is 4.79 Å². The second-order valence-corrected chi connectivity index (χ2v) is 5.49. The molecular weight excluding hydrogens is 310 g/mol. The summed E-state index contributed by atoms with van der Waals surface area (Å²) in [6, 6.07) is 7.20. The normalized spacial score (nSPS) is 17.5. The predicted octanol–water partition coefficient (Wildman–Crippen LogP) is 1.48. The fourth-order valence-corrected chi connectivity index (χ4v) is 2.58. The third-order valence-corrected chi connectivity index (χ3v) is 4.05. The summed E-state index contributed by atoms with van der Waals surface area (Å²) in [4.78, 5) is 27.5. The maximum absolute atomic E-state index is 12.1. The molecule has 3 amide bonds. The number of urea groups is 1. The van der Waals surface area contributed by atoms with Crippen LogP contribution in [-0.4, -0.2) is 62.8 Å². The minimum absolute atomic E-state index is 0.0117. The van der Waals surface area contributed by atoms with Crippen LogP contribution in [-0.2, 0) is 9.53 Å². The maximum atomic E-state index is 12.1. The van der Waals surface area contributed by atoms with Gasteiger partial charge in [-0.2, -0.15) is 0 Å². The van der Waals surface area contributed by atoms with Gasteiger partial charge in [0.05, 0.1) is 19.8 Å². The lowest BCUT2D eigenvalue weighted by atomic mass is 10.2. The van der Waals surface area contributed by atoms with Gasteiger partial charge < -0.3 is 24.6 Å². The number of carbonyl (C=O) groups excluding carboxylic acids is 2. The van der Waals surface area contributed by atoms with Crippen molar-refractivity contribution in [3.8, 4) is 5.75 Å². The van der Waals surface area contributed by atoms with E-state index in [1.807, 2.05) is 38.1 Å². The van der Waals surface area contributed by atoms with E-state index < -0.39 is 0 Å². The van der Waals surface area contributed by atoms with Crippen LogP contribution in [0.2, 0.25) is 0 Å². The molecule has 0 bridgehead atoms. The molecular formula is C17H25N3O4. The molecule has 1 aromatic rings. The second kappa shape index (κ2) is 8.54. The number of ether oxygens (including phenoxy) is 2. The molecule has 1 saturated heterocycles. The SMILES string of the molecule is CCN(CC)C(=O)NCC1CN(c2ccc(OC)cc2)C(=O)CO1. The molecule has 1 heterocycles. The van der Waals surface area contributed by atoms with Crippen LogP contribution in [0.25, 0.3) is 0 Å². The van der Waals surface area contributed by atoms with Crippen molar-refractivity contribution in [2.45, 2.75) is 20.0 Å². The molecule has 1 aliphatic rings. The summed E-state index contributed by atoms with van der Waals surface area (Å²) >= 11 is 0. The van der Waals surface area contributed by atoms with Gasteiger partial charge in [-0.05, 0) is 38.1 Å². The number of carbonyl (C=O) groups is 2. The monoisotopic (exact) mass is 335 g/mol. The smallest absolute Gasteiger partial charge is 0.317 e. The highest BCUT2D eigenvalue weighted by atomic mass is 16.5. The Morgan fingerprint density at radius 1 is 1.33 bits per heavy atom. The first-order chi connectivity index (χ1) is 11.6. The average molecular weight is 335 g/mol. The Morgan fingerprint density at radius 3 is 2.58 bits per heavy atom. The van der Waals surface area contributed by atoms with E-state index in [2.05, 4.69) is 5.32 Å². The fourth-order valence-electron chi connectivity index (χ4n) is 2.58. The number of morpholine rings is 1. The Balaban J connectivity index is 1.94. The topological polar surface area (TPSA) is 71.1 Å². The molecule has 0 aromatic heterocycles. The van der Waals surface area contributed by atoms with Crippen LogP contribution in [0.5, 0.6) is 5.75 Å². The van der Waals surface area contributed by atoms with Crippen molar-refractivity contribution in [3.63, 3.8) is 0 Å². The highest BCUT2D eigenvalue weighted by Crippen LogP contribution is 2.21. The second-order valence-electron chi connectivity index (χ2n) is 5.49. The van der Waals surface area contributed by atoms with Gasteiger partial charge in [0.15, 0.2) is 0 Å². The summed E-state index contributed by atoms with van der Waals surface area (Å²) < 4.78 is 10.7. The van der Waals surface area contributed by atoms with Crippen LogP contribution >= 0.6 is 0 Å². The van der Waals surface area contributed by atoms with E-state index in [1.165, 1.54) is 0 Å². The number of nitrogens with one attached hydrogen (secondary N) is 1. The molecule has 7 nitrogen and oxygen atoms in total. The number of anilines is 1. The summed E-state index contributed by atoms with van der Waals surface area (Å²) in [7, 11) is 1.60. The Morgan fingerprint density at radius 2 is 2.00 bits per heavy atom. The highest BCUT2D eigenvalue weighted by Gasteiger charge is 2.28. The third kappa shape index (κ3) is 4.38. The Labute approximate surface area is 142 Å². The Bertz CT molecular complexity index is 557. The van der Waals surface area contributed by atoms with E-state index in [9.17, 15) is 9.59 Å². The first-order valence-corrected chi connectivity index (χ1v) is 8.17. The average Bonchev–Trinajstić information content (AvgIpc) is 2.62. The van der Waals surface area contributed by atoms with Gasteiger partial charge >= 0.3 is 6.03 Å². The molecule has 1 unspecified atom stereocenters. The zero-order chi connectivity index (χ0) is 17.5. The minimum Gasteiger partial charge on any atom is -0.497 e. The third-order valence-electron chi connectivity index (χ3n) is 4.05. The standard InChI is InChI=1S/C17H25N3O4/c1-4-19(5-2)17(22)18-10-15-11-20(16(21)12-24-15)13-6-8-14(23-3)9-7-13/h6-9,15H,4-5,10-12H2,1-3H3,(H,18,22). The number of benzene rings is 1. The zero-order valence-electron chi connectivity index (χ0n) is 14.4. The number of hydrogen-bond acceptors (Lipinski definition) is 4. The van der Waals surface area contributed by atoms with Crippen LogP contribution in [0.1, 0.15) is 13.8 Å². The van der Waals surface area contributed by atoms with Gasteiger partial charge in [0.1, 0.15) is 12.4 Å². The number of rotatable bonds is 6. The number of amides is 3. The number of hydrogen-bond donors (Lipinski definition) is 1. The van der Waals surface area contributed by atoms with Crippen LogP contribution < -0.4 is 15.0 Å². The molecule has 24 heavy (non-hydrogen) atoms. The van der Waals surface area contributed by atoms with Crippen molar-refractivity contribution < 1.29 is 19.1 Å². The molecule has 1 aromatic carbocycles. The first-order valence-electron chi connectivity index (χ1n) is 8.17. The summed E-state index contributed by atoms with van der Waals surface area (Å²) in [5.41, 5.74) is 0.796. The first kappa shape index (κ1) is 18.1. The molecule has 1 N–H and O–H groups in total. The van der Waals surface area contributed by atoms with Crippen molar-refractivity contribution in [2.24, 2.45) is 0 Å². The van der Waals surface area contributed by atoms with Crippen LogP contribution in [0.15, 0.2) is 24.3 Å². The van der Waals surface area contributed by atoms with E-state index >= 15 is 0 Å². The summed E-state index contributed by atoms with van der Waals surface area (Å²) in [6.45, 7) is 5.97. The quantitative estimate of drug-likeness (QED) is 0.855. The van der Waals surface area contributed by atoms with Crippen molar-refractivity contribution in [1.29, 1.82) is 0 Å². The number of nitrogens with zero attached hydrogens (tertiary/aromatic N) is 2. The lowest BCUT2D eigenvalue weighted by Gasteiger charge is -2.33. The lowest BCUT2D eigenvalue weighted by molar-refractivity contribution is -0.129. The van der Waals surface area contributed by atoms with Crippen LogP contribution in [0, 0.1) is 0 Å². The molecule has 132 valence electrons. The summed E-state index contributed by atoms with van der Waals surface area (Å²) in [5, 5.41) is 2.86. The molecule has 0 radical (unpaired) electrons. The molecule has 0 aliphatic carbocycles. The Kier molecular flexibility index (Phi) is 6.43. The van der Waals surface area contributed by atoms with E-state index in [1.54, 1.807) is 16.9 Å². The van der Waals surface area contributed by atoms with E-state index in [4.69, 9.17) is 9.47 Å². The van der Waals surface area contributed by atoms with Gasteiger partial charge in [-0.1, -0.05) is 0 Å². The summed E-state index contributed by atoms with van der Waals surface area (Å²) in [6.07, 6.45) is -0.232. The van der Waals surface area contributed by atoms with E-state index in [0.29, 0.717) is 26.2 Å². The molecule has 1 aliphatic heterocycles. The molecule has 1 atom stereocenters. The molecule has 0 spiro atoms. The van der Waals surface area contributed by atoms with Gasteiger partial charge in [0.25, 0.3) is 5.91 Å². The molecule has 1 fully saturated rings. The predicted molar refractivity (Wildman–Crippen MR) is 91.4 cm³/mol. The highest BCUT2D eigenvalue weighted by molar-refractivity contribution is 5.95. The molecule has 2 rings (SSSR count). The molecule has 7 heteroatoms. The molecule has 0 saturated carbocycles. The van der Waals surface area contributed by atoms with Crippen LogP contribution in [0.3, 0.4) is 0 Å². The van der Waals surface area contributed by atoms with Crippen molar-refractivity contribution in [1.82, 2.24) is 10.2 Å². The van der Waals surface area contributed by atoms with Crippen molar-refractivity contribution >= 4 is 17.6 Å². The fraction of sp³-hybridized carbons (Fsp3) is 0.529. The largest absolute Gasteiger partial charge is 0.497 e. The maximum Gasteiger partial charge on any atom is 0.317 e. The van der Waals surface area contributed by atoms with Crippen molar-refractivity contribution in [2.75, 3.05) is 44.8 Å². The van der Waals surface area contributed by atoms with E-state index in [-0.39, 0.29) is 24.6 Å². The van der Waals surface area contributed by atoms with E-state index in [0.717, 1.165) is 11.4 Å².